The minimum absolute atomic E-state index is 0.0615. The van der Waals surface area contributed by atoms with Crippen LogP contribution in [0.2, 0.25) is 0 Å². The highest BCUT2D eigenvalue weighted by molar-refractivity contribution is 6.00. The fourth-order valence-corrected chi connectivity index (χ4v) is 1.53. The van der Waals surface area contributed by atoms with E-state index in [4.69, 9.17) is 10.8 Å². The Morgan fingerprint density at radius 3 is 2.75 bits per heavy atom. The van der Waals surface area contributed by atoms with Crippen molar-refractivity contribution in [2.24, 2.45) is 0 Å². The number of nitrogens with one attached hydrogen (secondary N) is 1. The van der Waals surface area contributed by atoms with Gasteiger partial charge in [-0.05, 0) is 25.0 Å². The molecule has 0 unspecified atom stereocenters. The van der Waals surface area contributed by atoms with Crippen LogP contribution in [0.3, 0.4) is 0 Å². The molecule has 1 atom stereocenters. The molecule has 0 bridgehead atoms. The van der Waals surface area contributed by atoms with Crippen LogP contribution in [0.15, 0.2) is 18.2 Å². The maximum Gasteiger partial charge on any atom is 0.253 e. The second-order valence-electron chi connectivity index (χ2n) is 3.80. The van der Waals surface area contributed by atoms with E-state index in [-0.39, 0.29) is 18.6 Å². The van der Waals surface area contributed by atoms with E-state index in [1.807, 2.05) is 26.0 Å². The van der Waals surface area contributed by atoms with Gasteiger partial charge in [-0.25, -0.2) is 0 Å². The molecule has 0 heterocycles. The molecule has 0 aliphatic rings. The molecular weight excluding hydrogens is 204 g/mol. The summed E-state index contributed by atoms with van der Waals surface area (Å²) < 4.78 is 0. The van der Waals surface area contributed by atoms with Gasteiger partial charge in [0.25, 0.3) is 5.91 Å². The van der Waals surface area contributed by atoms with Crippen molar-refractivity contribution in [3.8, 4) is 0 Å². The van der Waals surface area contributed by atoms with Crippen molar-refractivity contribution in [2.45, 2.75) is 26.3 Å². The van der Waals surface area contributed by atoms with Crippen LogP contribution in [0.25, 0.3) is 0 Å². The third kappa shape index (κ3) is 2.73. The van der Waals surface area contributed by atoms with E-state index in [9.17, 15) is 4.79 Å². The Morgan fingerprint density at radius 1 is 1.56 bits per heavy atom. The summed E-state index contributed by atoms with van der Waals surface area (Å²) in [7, 11) is 0. The highest BCUT2D eigenvalue weighted by Crippen LogP contribution is 2.16. The predicted molar refractivity (Wildman–Crippen MR) is 64.2 cm³/mol. The first-order chi connectivity index (χ1) is 7.60. The summed E-state index contributed by atoms with van der Waals surface area (Å²) in [6.07, 6.45) is 0.689. The lowest BCUT2D eigenvalue weighted by atomic mass is 10.1. The SMILES string of the molecule is CC[C@@H](CO)NC(=O)c1c(C)cccc1N. The average Bonchev–Trinajstić information content (AvgIpc) is 2.25. The maximum atomic E-state index is 11.9. The smallest absolute Gasteiger partial charge is 0.253 e. The number of benzene rings is 1. The van der Waals surface area contributed by atoms with Gasteiger partial charge >= 0.3 is 0 Å². The van der Waals surface area contributed by atoms with Gasteiger partial charge in [0.05, 0.1) is 18.2 Å². The molecule has 0 aliphatic carbocycles. The van der Waals surface area contributed by atoms with Crippen molar-refractivity contribution in [1.82, 2.24) is 5.32 Å². The van der Waals surface area contributed by atoms with Gasteiger partial charge in [-0.2, -0.15) is 0 Å². The van der Waals surface area contributed by atoms with E-state index in [1.54, 1.807) is 6.07 Å². The van der Waals surface area contributed by atoms with Crippen molar-refractivity contribution in [3.63, 3.8) is 0 Å². The molecule has 0 saturated heterocycles. The summed E-state index contributed by atoms with van der Waals surface area (Å²) in [6, 6.07) is 5.13. The Kier molecular flexibility index (Phi) is 4.31. The van der Waals surface area contributed by atoms with Gasteiger partial charge in [-0.15, -0.1) is 0 Å². The van der Waals surface area contributed by atoms with Crippen LogP contribution in [0.1, 0.15) is 29.3 Å². The molecule has 1 aromatic rings. The number of aliphatic hydroxyl groups excluding tert-OH is 1. The number of aliphatic hydroxyl groups is 1. The number of nitrogens with two attached hydrogens (primary N) is 1. The first kappa shape index (κ1) is 12.5. The molecule has 4 N–H and O–H groups in total. The highest BCUT2D eigenvalue weighted by atomic mass is 16.3. The summed E-state index contributed by atoms with van der Waals surface area (Å²) >= 11 is 0. The van der Waals surface area contributed by atoms with Crippen LogP contribution in [0.4, 0.5) is 5.69 Å². The largest absolute Gasteiger partial charge is 0.398 e. The Balaban J connectivity index is 2.88. The number of amides is 1. The van der Waals surface area contributed by atoms with Crippen molar-refractivity contribution in [1.29, 1.82) is 0 Å². The van der Waals surface area contributed by atoms with Crippen molar-refractivity contribution < 1.29 is 9.90 Å². The van der Waals surface area contributed by atoms with E-state index in [0.717, 1.165) is 5.56 Å². The molecule has 0 aliphatic heterocycles. The fourth-order valence-electron chi connectivity index (χ4n) is 1.53. The van der Waals surface area contributed by atoms with Crippen molar-refractivity contribution >= 4 is 11.6 Å². The topological polar surface area (TPSA) is 75.3 Å². The highest BCUT2D eigenvalue weighted by Gasteiger charge is 2.15. The molecule has 88 valence electrons. The maximum absolute atomic E-state index is 11.9. The molecule has 1 aromatic carbocycles. The zero-order valence-electron chi connectivity index (χ0n) is 9.66. The number of hydrogen-bond donors (Lipinski definition) is 3. The van der Waals surface area contributed by atoms with Gasteiger partial charge in [0, 0.05) is 5.69 Å². The van der Waals surface area contributed by atoms with Crippen LogP contribution in [-0.4, -0.2) is 23.7 Å². The molecule has 0 fully saturated rings. The minimum atomic E-state index is -0.225. The molecule has 16 heavy (non-hydrogen) atoms. The van der Waals surface area contributed by atoms with E-state index < -0.39 is 0 Å². The lowest BCUT2D eigenvalue weighted by Crippen LogP contribution is -2.37. The summed E-state index contributed by atoms with van der Waals surface area (Å²) in [4.78, 5) is 11.9. The van der Waals surface area contributed by atoms with Gasteiger partial charge in [0.2, 0.25) is 0 Å². The number of rotatable bonds is 4. The minimum Gasteiger partial charge on any atom is -0.398 e. The molecule has 1 amide bonds. The lowest BCUT2D eigenvalue weighted by Gasteiger charge is -2.16. The van der Waals surface area contributed by atoms with Gasteiger partial charge in [0.15, 0.2) is 0 Å². The Labute approximate surface area is 95.5 Å². The molecule has 0 radical (unpaired) electrons. The zero-order chi connectivity index (χ0) is 12.1. The lowest BCUT2D eigenvalue weighted by molar-refractivity contribution is 0.0915. The van der Waals surface area contributed by atoms with Crippen LogP contribution in [0, 0.1) is 6.92 Å². The van der Waals surface area contributed by atoms with Gasteiger partial charge < -0.3 is 16.2 Å². The third-order valence-corrected chi connectivity index (χ3v) is 2.58. The standard InChI is InChI=1S/C12H18N2O2/c1-3-9(7-15)14-12(16)11-8(2)5-4-6-10(11)13/h4-6,9,15H,3,7,13H2,1-2H3,(H,14,16)/t9-/m0/s1. The van der Waals surface area contributed by atoms with Crippen molar-refractivity contribution in [2.75, 3.05) is 12.3 Å². The van der Waals surface area contributed by atoms with Crippen LogP contribution < -0.4 is 11.1 Å². The van der Waals surface area contributed by atoms with Gasteiger partial charge in [0.1, 0.15) is 0 Å². The van der Waals surface area contributed by atoms with Gasteiger partial charge in [-0.1, -0.05) is 19.1 Å². The number of hydrogen-bond acceptors (Lipinski definition) is 3. The number of aryl methyl sites for hydroxylation is 1. The Hall–Kier alpha value is -1.55. The van der Waals surface area contributed by atoms with E-state index in [1.165, 1.54) is 0 Å². The summed E-state index contributed by atoms with van der Waals surface area (Å²) in [6.45, 7) is 3.68. The normalized spacial score (nSPS) is 12.2. The van der Waals surface area contributed by atoms with Crippen molar-refractivity contribution in [3.05, 3.63) is 29.3 Å². The summed E-state index contributed by atoms with van der Waals surface area (Å²) in [5.74, 6) is -0.225. The molecule has 1 rings (SSSR count). The monoisotopic (exact) mass is 222 g/mol. The van der Waals surface area contributed by atoms with Crippen LogP contribution in [0.5, 0.6) is 0 Å². The molecular formula is C12H18N2O2. The van der Waals surface area contributed by atoms with Crippen LogP contribution >= 0.6 is 0 Å². The zero-order valence-corrected chi connectivity index (χ0v) is 9.66. The number of anilines is 1. The summed E-state index contributed by atoms with van der Waals surface area (Å²) in [5.41, 5.74) is 7.55. The quantitative estimate of drug-likeness (QED) is 0.667. The predicted octanol–water partition coefficient (Wildman–Crippen LogP) is 1.08. The second kappa shape index (κ2) is 5.51. The molecule has 0 saturated carbocycles. The second-order valence-corrected chi connectivity index (χ2v) is 3.80. The fraction of sp³-hybridized carbons (Fsp3) is 0.417. The number of carbonyl (C=O) groups excluding carboxylic acids is 1. The first-order valence-corrected chi connectivity index (χ1v) is 5.37. The molecule has 0 aromatic heterocycles. The molecule has 4 heteroatoms. The number of carbonyl (C=O) groups is 1. The molecule has 4 nitrogen and oxygen atoms in total. The van der Waals surface area contributed by atoms with Gasteiger partial charge in [-0.3, -0.25) is 4.79 Å². The molecule has 0 spiro atoms. The van der Waals surface area contributed by atoms with E-state index in [0.29, 0.717) is 17.7 Å². The Bertz CT molecular complexity index is 353. The Morgan fingerprint density at radius 2 is 2.25 bits per heavy atom. The average molecular weight is 222 g/mol. The number of nitrogen functional groups attached to an aromatic ring is 1. The first-order valence-electron chi connectivity index (χ1n) is 5.37. The summed E-state index contributed by atoms with van der Waals surface area (Å²) in [5, 5.41) is 11.8. The van der Waals surface area contributed by atoms with E-state index >= 15 is 0 Å². The van der Waals surface area contributed by atoms with E-state index in [2.05, 4.69) is 5.32 Å². The third-order valence-electron chi connectivity index (χ3n) is 2.58. The van der Waals surface area contributed by atoms with Crippen LogP contribution in [-0.2, 0) is 0 Å².